The Morgan fingerprint density at radius 2 is 1.92 bits per heavy atom. The molecule has 2 aromatic rings. The van der Waals surface area contributed by atoms with E-state index >= 15 is 0 Å². The highest BCUT2D eigenvalue weighted by Crippen LogP contribution is 2.40. The summed E-state index contributed by atoms with van der Waals surface area (Å²) in [5.74, 6) is 0.972. The number of hydrogen-bond acceptors (Lipinski definition) is 6. The molecular weight excluding hydrogens is 358 g/mol. The fraction of sp³-hybridized carbons (Fsp3) is 0.111. The predicted molar refractivity (Wildman–Crippen MR) is 103 cm³/mol. The van der Waals surface area contributed by atoms with Crippen LogP contribution in [0.15, 0.2) is 47.4 Å². The van der Waals surface area contributed by atoms with E-state index in [2.05, 4.69) is 0 Å². The summed E-state index contributed by atoms with van der Waals surface area (Å²) in [6.07, 6.45) is 1.72. The van der Waals surface area contributed by atoms with Gasteiger partial charge < -0.3 is 14.6 Å². The van der Waals surface area contributed by atoms with Crippen LogP contribution < -0.4 is 14.4 Å². The summed E-state index contributed by atoms with van der Waals surface area (Å²) in [6, 6.07) is 11.9. The normalized spacial score (nSPS) is 15.8. The molecule has 0 aliphatic carbocycles. The Kier molecular flexibility index (Phi) is 4.96. The second kappa shape index (κ2) is 7.16. The van der Waals surface area contributed by atoms with Crippen LogP contribution in [0.1, 0.15) is 5.56 Å². The van der Waals surface area contributed by atoms with Crippen LogP contribution in [0.3, 0.4) is 0 Å². The molecule has 25 heavy (non-hydrogen) atoms. The van der Waals surface area contributed by atoms with E-state index in [1.54, 1.807) is 50.6 Å². The lowest BCUT2D eigenvalue weighted by Gasteiger charge is -2.15. The van der Waals surface area contributed by atoms with Gasteiger partial charge in [0.15, 0.2) is 4.32 Å². The molecule has 0 spiro atoms. The third-order valence-corrected chi connectivity index (χ3v) is 4.95. The molecule has 0 bridgehead atoms. The number of thiocarbonyl (C=S) groups is 1. The van der Waals surface area contributed by atoms with Crippen molar-refractivity contribution in [2.75, 3.05) is 19.1 Å². The highest BCUT2D eigenvalue weighted by Gasteiger charge is 2.34. The lowest BCUT2D eigenvalue weighted by molar-refractivity contribution is -0.113. The van der Waals surface area contributed by atoms with Crippen molar-refractivity contribution in [3.05, 3.63) is 52.9 Å². The zero-order valence-corrected chi connectivity index (χ0v) is 15.2. The van der Waals surface area contributed by atoms with Crippen molar-refractivity contribution in [1.82, 2.24) is 0 Å². The summed E-state index contributed by atoms with van der Waals surface area (Å²) < 4.78 is 10.9. The molecule has 1 aliphatic heterocycles. The van der Waals surface area contributed by atoms with Crippen LogP contribution in [-0.2, 0) is 4.79 Å². The molecule has 1 heterocycles. The van der Waals surface area contributed by atoms with Gasteiger partial charge in [0.05, 0.1) is 24.8 Å². The number of carbonyl (C=O) groups is 1. The molecule has 128 valence electrons. The molecule has 1 saturated heterocycles. The number of amides is 1. The third kappa shape index (κ3) is 3.33. The van der Waals surface area contributed by atoms with E-state index in [-0.39, 0.29) is 11.7 Å². The number of benzene rings is 2. The molecule has 0 saturated carbocycles. The van der Waals surface area contributed by atoms with Gasteiger partial charge in [0.25, 0.3) is 5.91 Å². The number of anilines is 1. The second-order valence-corrected chi connectivity index (χ2v) is 6.79. The summed E-state index contributed by atoms with van der Waals surface area (Å²) in [5.41, 5.74) is 1.11. The third-order valence-electron chi connectivity index (χ3n) is 3.64. The maximum absolute atomic E-state index is 12.8. The van der Waals surface area contributed by atoms with Crippen molar-refractivity contribution in [2.24, 2.45) is 0 Å². The first-order chi connectivity index (χ1) is 12.0. The largest absolute Gasteiger partial charge is 0.506 e. The average molecular weight is 373 g/mol. The molecule has 7 heteroatoms. The number of nitrogens with zero attached hydrogens (tertiary/aromatic N) is 1. The highest BCUT2D eigenvalue weighted by molar-refractivity contribution is 8.27. The Morgan fingerprint density at radius 1 is 1.16 bits per heavy atom. The standard InChI is InChI=1S/C18H15NO4S2/c1-22-12-8-7-11(15(10-12)23-2)9-16-17(21)19(18(24)25-16)13-5-3-4-6-14(13)20/h3-10,20H,1-2H3/b16-9-. The number of thioether (sulfide) groups is 1. The van der Waals surface area contributed by atoms with Gasteiger partial charge >= 0.3 is 0 Å². The molecule has 0 radical (unpaired) electrons. The molecule has 1 aliphatic rings. The maximum Gasteiger partial charge on any atom is 0.270 e. The monoisotopic (exact) mass is 373 g/mol. The van der Waals surface area contributed by atoms with E-state index in [4.69, 9.17) is 21.7 Å². The molecule has 0 atom stereocenters. The van der Waals surface area contributed by atoms with Crippen LogP contribution in [0.4, 0.5) is 5.69 Å². The molecular formula is C18H15NO4S2. The Hall–Kier alpha value is -2.51. The van der Waals surface area contributed by atoms with E-state index < -0.39 is 0 Å². The molecule has 5 nitrogen and oxygen atoms in total. The Balaban J connectivity index is 1.97. The van der Waals surface area contributed by atoms with Crippen LogP contribution in [0.25, 0.3) is 6.08 Å². The topological polar surface area (TPSA) is 59.0 Å². The Labute approximate surface area is 154 Å². The molecule has 2 aromatic carbocycles. The summed E-state index contributed by atoms with van der Waals surface area (Å²) in [6.45, 7) is 0. The minimum absolute atomic E-state index is 0.00192. The van der Waals surface area contributed by atoms with E-state index in [1.165, 1.54) is 22.7 Å². The Bertz CT molecular complexity index is 879. The number of methoxy groups -OCH3 is 2. The fourth-order valence-corrected chi connectivity index (χ4v) is 3.68. The van der Waals surface area contributed by atoms with Gasteiger partial charge in [0, 0.05) is 11.6 Å². The molecule has 0 aromatic heterocycles. The number of aromatic hydroxyl groups is 1. The first-order valence-electron chi connectivity index (χ1n) is 7.33. The summed E-state index contributed by atoms with van der Waals surface area (Å²) in [4.78, 5) is 14.6. The van der Waals surface area contributed by atoms with E-state index in [9.17, 15) is 9.90 Å². The van der Waals surface area contributed by atoms with Crippen molar-refractivity contribution < 1.29 is 19.4 Å². The van der Waals surface area contributed by atoms with E-state index in [0.717, 1.165) is 5.56 Å². The average Bonchev–Trinajstić information content (AvgIpc) is 2.89. The fourth-order valence-electron chi connectivity index (χ4n) is 2.41. The number of hydrogen-bond donors (Lipinski definition) is 1. The van der Waals surface area contributed by atoms with Gasteiger partial charge in [0.2, 0.25) is 0 Å². The highest BCUT2D eigenvalue weighted by atomic mass is 32.2. The summed E-state index contributed by atoms with van der Waals surface area (Å²) in [7, 11) is 3.13. The van der Waals surface area contributed by atoms with Crippen molar-refractivity contribution >= 4 is 46.0 Å². The first-order valence-corrected chi connectivity index (χ1v) is 8.55. The minimum Gasteiger partial charge on any atom is -0.506 e. The zero-order chi connectivity index (χ0) is 18.0. The zero-order valence-electron chi connectivity index (χ0n) is 13.6. The number of rotatable bonds is 4. The van der Waals surface area contributed by atoms with Gasteiger partial charge in [-0.3, -0.25) is 9.69 Å². The molecule has 0 unspecified atom stereocenters. The van der Waals surface area contributed by atoms with Crippen molar-refractivity contribution in [1.29, 1.82) is 0 Å². The smallest absolute Gasteiger partial charge is 0.270 e. The van der Waals surface area contributed by atoms with Crippen molar-refractivity contribution in [3.8, 4) is 17.2 Å². The number of ether oxygens (including phenoxy) is 2. The van der Waals surface area contributed by atoms with Gasteiger partial charge in [-0.05, 0) is 30.3 Å². The van der Waals surface area contributed by atoms with Crippen LogP contribution in [0.2, 0.25) is 0 Å². The van der Waals surface area contributed by atoms with Gasteiger partial charge in [-0.15, -0.1) is 0 Å². The molecule has 1 amide bonds. The quantitative estimate of drug-likeness (QED) is 0.650. The molecule has 3 rings (SSSR count). The SMILES string of the molecule is COc1ccc(/C=C2\SC(=S)N(c3ccccc3O)C2=O)c(OC)c1. The maximum atomic E-state index is 12.8. The number of para-hydroxylation sites is 2. The summed E-state index contributed by atoms with van der Waals surface area (Å²) >= 11 is 6.50. The van der Waals surface area contributed by atoms with Crippen LogP contribution in [0, 0.1) is 0 Å². The van der Waals surface area contributed by atoms with Crippen molar-refractivity contribution in [3.63, 3.8) is 0 Å². The van der Waals surface area contributed by atoms with Crippen LogP contribution >= 0.6 is 24.0 Å². The lowest BCUT2D eigenvalue weighted by Crippen LogP contribution is -2.27. The summed E-state index contributed by atoms with van der Waals surface area (Å²) in [5, 5.41) is 10.0. The van der Waals surface area contributed by atoms with Gasteiger partial charge in [0.1, 0.15) is 17.2 Å². The Morgan fingerprint density at radius 3 is 2.60 bits per heavy atom. The first kappa shape index (κ1) is 17.3. The van der Waals surface area contributed by atoms with Crippen LogP contribution in [0.5, 0.6) is 17.2 Å². The van der Waals surface area contributed by atoms with Gasteiger partial charge in [-0.1, -0.05) is 36.1 Å². The number of carbonyl (C=O) groups excluding carboxylic acids is 1. The van der Waals surface area contributed by atoms with Crippen LogP contribution in [-0.4, -0.2) is 29.6 Å². The van der Waals surface area contributed by atoms with Gasteiger partial charge in [-0.25, -0.2) is 0 Å². The van der Waals surface area contributed by atoms with E-state index in [1.807, 2.05) is 6.07 Å². The number of phenolic OH excluding ortho intramolecular Hbond substituents is 1. The second-order valence-electron chi connectivity index (χ2n) is 5.11. The van der Waals surface area contributed by atoms with Crippen molar-refractivity contribution in [2.45, 2.75) is 0 Å². The molecule has 1 N–H and O–H groups in total. The predicted octanol–water partition coefficient (Wildman–Crippen LogP) is 3.82. The van der Waals surface area contributed by atoms with Gasteiger partial charge in [-0.2, -0.15) is 0 Å². The number of phenols is 1. The van der Waals surface area contributed by atoms with E-state index in [0.29, 0.717) is 26.4 Å². The molecule has 1 fully saturated rings. The lowest BCUT2D eigenvalue weighted by atomic mass is 10.1. The minimum atomic E-state index is -0.283.